The molecular formula is C16H23N3OS. The summed E-state index contributed by atoms with van der Waals surface area (Å²) in [6.07, 6.45) is 2.15. The molecule has 1 aromatic rings. The van der Waals surface area contributed by atoms with E-state index in [0.29, 0.717) is 10.9 Å². The SMILES string of the molecule is CC(=O)NCC1CCN(c2c(C)cccc2C(N)=S)CC1. The lowest BCUT2D eigenvalue weighted by Gasteiger charge is -2.35. The first-order valence-electron chi connectivity index (χ1n) is 7.38. The summed E-state index contributed by atoms with van der Waals surface area (Å²) in [4.78, 5) is 13.8. The van der Waals surface area contributed by atoms with Gasteiger partial charge in [-0.25, -0.2) is 0 Å². The standard InChI is InChI=1S/C16H23N3OS/c1-11-4-3-5-14(16(17)21)15(11)19-8-6-13(7-9-19)10-18-12(2)20/h3-5,13H,6-10H2,1-2H3,(H2,17,21)(H,18,20). The Hall–Kier alpha value is -1.62. The van der Waals surface area contributed by atoms with E-state index in [2.05, 4.69) is 23.2 Å². The highest BCUT2D eigenvalue weighted by Crippen LogP contribution is 2.29. The number of hydrogen-bond donors (Lipinski definition) is 2. The summed E-state index contributed by atoms with van der Waals surface area (Å²) >= 11 is 5.18. The van der Waals surface area contributed by atoms with Gasteiger partial charge in [0.05, 0.1) is 0 Å². The van der Waals surface area contributed by atoms with Crippen molar-refractivity contribution in [3.05, 3.63) is 29.3 Å². The summed E-state index contributed by atoms with van der Waals surface area (Å²) in [7, 11) is 0. The van der Waals surface area contributed by atoms with E-state index in [1.807, 2.05) is 12.1 Å². The molecule has 0 unspecified atom stereocenters. The van der Waals surface area contributed by atoms with Crippen molar-refractivity contribution < 1.29 is 4.79 Å². The Labute approximate surface area is 131 Å². The van der Waals surface area contributed by atoms with Gasteiger partial charge in [-0.3, -0.25) is 4.79 Å². The van der Waals surface area contributed by atoms with Gasteiger partial charge in [0.15, 0.2) is 0 Å². The number of thiocarbonyl (C=S) groups is 1. The lowest BCUT2D eigenvalue weighted by atomic mass is 9.95. The third kappa shape index (κ3) is 3.94. The van der Waals surface area contributed by atoms with E-state index in [0.717, 1.165) is 38.0 Å². The van der Waals surface area contributed by atoms with E-state index in [9.17, 15) is 4.79 Å². The van der Waals surface area contributed by atoms with Crippen LogP contribution in [0.15, 0.2) is 18.2 Å². The first-order valence-corrected chi connectivity index (χ1v) is 7.78. The molecule has 1 fully saturated rings. The number of aryl methyl sites for hydroxylation is 1. The Morgan fingerprint density at radius 2 is 2.10 bits per heavy atom. The number of anilines is 1. The number of nitrogens with one attached hydrogen (secondary N) is 1. The molecule has 0 aromatic heterocycles. The smallest absolute Gasteiger partial charge is 0.216 e. The average Bonchev–Trinajstić information content (AvgIpc) is 2.45. The molecule has 1 aliphatic heterocycles. The van der Waals surface area contributed by atoms with Gasteiger partial charge in [-0.15, -0.1) is 0 Å². The predicted octanol–water partition coefficient (Wildman–Crippen LogP) is 1.98. The van der Waals surface area contributed by atoms with Crippen molar-refractivity contribution in [3.8, 4) is 0 Å². The van der Waals surface area contributed by atoms with Gasteiger partial charge in [0, 0.05) is 37.8 Å². The van der Waals surface area contributed by atoms with Crippen LogP contribution in [0.25, 0.3) is 0 Å². The lowest BCUT2D eigenvalue weighted by molar-refractivity contribution is -0.119. The number of benzene rings is 1. The molecule has 0 radical (unpaired) electrons. The molecule has 0 spiro atoms. The molecule has 0 bridgehead atoms. The highest BCUT2D eigenvalue weighted by Gasteiger charge is 2.22. The number of piperidine rings is 1. The van der Waals surface area contributed by atoms with Gasteiger partial charge in [0.2, 0.25) is 5.91 Å². The Morgan fingerprint density at radius 3 is 2.67 bits per heavy atom. The quantitative estimate of drug-likeness (QED) is 0.835. The Bertz CT molecular complexity index is 536. The maximum Gasteiger partial charge on any atom is 0.216 e. The van der Waals surface area contributed by atoms with Crippen molar-refractivity contribution in [1.82, 2.24) is 5.32 Å². The zero-order chi connectivity index (χ0) is 15.4. The maximum atomic E-state index is 11.0. The number of carbonyl (C=O) groups is 1. The minimum Gasteiger partial charge on any atom is -0.389 e. The summed E-state index contributed by atoms with van der Waals surface area (Å²) in [5.41, 5.74) is 9.20. The van der Waals surface area contributed by atoms with Crippen molar-refractivity contribution in [2.75, 3.05) is 24.5 Å². The Kier molecular flexibility index (Phi) is 5.17. The third-order valence-electron chi connectivity index (χ3n) is 4.07. The zero-order valence-corrected chi connectivity index (χ0v) is 13.5. The number of rotatable bonds is 4. The van der Waals surface area contributed by atoms with Crippen LogP contribution in [0.2, 0.25) is 0 Å². The molecule has 1 aromatic carbocycles. The average molecular weight is 305 g/mol. The molecule has 1 amide bonds. The van der Waals surface area contributed by atoms with Gasteiger partial charge >= 0.3 is 0 Å². The summed E-state index contributed by atoms with van der Waals surface area (Å²) in [5, 5.41) is 2.91. The third-order valence-corrected chi connectivity index (χ3v) is 4.29. The monoisotopic (exact) mass is 305 g/mol. The number of hydrogen-bond acceptors (Lipinski definition) is 3. The number of nitrogens with zero attached hydrogens (tertiary/aromatic N) is 1. The topological polar surface area (TPSA) is 58.4 Å². The van der Waals surface area contributed by atoms with Gasteiger partial charge in [-0.1, -0.05) is 24.4 Å². The normalized spacial score (nSPS) is 15.8. The second kappa shape index (κ2) is 6.89. The summed E-state index contributed by atoms with van der Waals surface area (Å²) in [6.45, 7) is 6.39. The Morgan fingerprint density at radius 1 is 1.43 bits per heavy atom. The van der Waals surface area contributed by atoms with Crippen LogP contribution >= 0.6 is 12.2 Å². The van der Waals surface area contributed by atoms with Crippen molar-refractivity contribution in [2.45, 2.75) is 26.7 Å². The predicted molar refractivity (Wildman–Crippen MR) is 90.7 cm³/mol. The lowest BCUT2D eigenvalue weighted by Crippen LogP contribution is -2.39. The van der Waals surface area contributed by atoms with Crippen molar-refractivity contribution in [3.63, 3.8) is 0 Å². The largest absolute Gasteiger partial charge is 0.389 e. The molecule has 2 rings (SSSR count). The van der Waals surface area contributed by atoms with Crippen LogP contribution in [0.3, 0.4) is 0 Å². The molecule has 1 saturated heterocycles. The molecule has 114 valence electrons. The van der Waals surface area contributed by atoms with Crippen LogP contribution in [0.5, 0.6) is 0 Å². The molecule has 4 nitrogen and oxygen atoms in total. The highest BCUT2D eigenvalue weighted by molar-refractivity contribution is 7.80. The fraction of sp³-hybridized carbons (Fsp3) is 0.500. The minimum absolute atomic E-state index is 0.0482. The fourth-order valence-electron chi connectivity index (χ4n) is 2.93. The molecule has 0 aliphatic carbocycles. The van der Waals surface area contributed by atoms with Gasteiger partial charge in [0.25, 0.3) is 0 Å². The van der Waals surface area contributed by atoms with Crippen LogP contribution in [-0.2, 0) is 4.79 Å². The summed E-state index contributed by atoms with van der Waals surface area (Å²) in [6, 6.07) is 6.09. The first kappa shape index (κ1) is 15.8. The number of para-hydroxylation sites is 1. The van der Waals surface area contributed by atoms with E-state index in [1.54, 1.807) is 6.92 Å². The van der Waals surface area contributed by atoms with E-state index in [1.165, 1.54) is 11.3 Å². The molecule has 1 heterocycles. The fourth-order valence-corrected chi connectivity index (χ4v) is 3.09. The van der Waals surface area contributed by atoms with Crippen LogP contribution in [0, 0.1) is 12.8 Å². The maximum absolute atomic E-state index is 11.0. The molecule has 3 N–H and O–H groups in total. The zero-order valence-electron chi connectivity index (χ0n) is 12.7. The van der Waals surface area contributed by atoms with Crippen molar-refractivity contribution in [2.24, 2.45) is 11.7 Å². The van der Waals surface area contributed by atoms with Gasteiger partial charge in [-0.05, 0) is 37.3 Å². The van der Waals surface area contributed by atoms with E-state index >= 15 is 0 Å². The molecule has 5 heteroatoms. The summed E-state index contributed by atoms with van der Waals surface area (Å²) in [5.74, 6) is 0.606. The second-order valence-electron chi connectivity index (χ2n) is 5.70. The molecule has 1 aliphatic rings. The molecule has 0 atom stereocenters. The van der Waals surface area contributed by atoms with Gasteiger partial charge < -0.3 is 16.0 Å². The number of carbonyl (C=O) groups excluding carboxylic acids is 1. The summed E-state index contributed by atoms with van der Waals surface area (Å²) < 4.78 is 0. The number of amides is 1. The van der Waals surface area contributed by atoms with Gasteiger partial charge in [0.1, 0.15) is 4.99 Å². The van der Waals surface area contributed by atoms with Gasteiger partial charge in [-0.2, -0.15) is 0 Å². The van der Waals surface area contributed by atoms with E-state index in [4.69, 9.17) is 18.0 Å². The Balaban J connectivity index is 2.06. The minimum atomic E-state index is 0.0482. The molecule has 21 heavy (non-hydrogen) atoms. The highest BCUT2D eigenvalue weighted by atomic mass is 32.1. The van der Waals surface area contributed by atoms with E-state index in [-0.39, 0.29) is 5.91 Å². The number of nitrogens with two attached hydrogens (primary N) is 1. The second-order valence-corrected chi connectivity index (χ2v) is 6.14. The molecule has 0 saturated carbocycles. The van der Waals surface area contributed by atoms with Crippen molar-refractivity contribution in [1.29, 1.82) is 0 Å². The van der Waals surface area contributed by atoms with Crippen LogP contribution < -0.4 is 16.0 Å². The molecular weight excluding hydrogens is 282 g/mol. The van der Waals surface area contributed by atoms with E-state index < -0.39 is 0 Å². The van der Waals surface area contributed by atoms with Crippen LogP contribution in [-0.4, -0.2) is 30.5 Å². The first-order chi connectivity index (χ1) is 9.99. The van der Waals surface area contributed by atoms with Crippen molar-refractivity contribution >= 4 is 28.8 Å². The van der Waals surface area contributed by atoms with Crippen LogP contribution in [0.4, 0.5) is 5.69 Å². The van der Waals surface area contributed by atoms with Crippen LogP contribution in [0.1, 0.15) is 30.9 Å².